The fourth-order valence-electron chi connectivity index (χ4n) is 4.66. The van der Waals surface area contributed by atoms with Gasteiger partial charge in [0.15, 0.2) is 0 Å². The lowest BCUT2D eigenvalue weighted by Crippen LogP contribution is -2.63. The summed E-state index contributed by atoms with van der Waals surface area (Å²) in [7, 11) is 0. The number of carboxylic acid groups (broad SMARTS) is 1. The molecule has 2 aromatic heterocycles. The van der Waals surface area contributed by atoms with Gasteiger partial charge in [0.05, 0.1) is 36.1 Å². The van der Waals surface area contributed by atoms with Gasteiger partial charge in [0.25, 0.3) is 6.33 Å². The van der Waals surface area contributed by atoms with E-state index in [1.54, 1.807) is 18.7 Å². The number of amides is 1. The van der Waals surface area contributed by atoms with E-state index in [4.69, 9.17) is 5.73 Å². The molecule has 4 rings (SSSR count). The maximum absolute atomic E-state index is 12.6. The summed E-state index contributed by atoms with van der Waals surface area (Å²) in [6.07, 6.45) is 3.87. The summed E-state index contributed by atoms with van der Waals surface area (Å²) in [5.74, 6) is -1.70. The first-order valence-electron chi connectivity index (χ1n) is 10.3. The number of carbonyl (C=O) groups excluding carboxylic acids is 1. The van der Waals surface area contributed by atoms with Gasteiger partial charge in [-0.1, -0.05) is 30.0 Å². The van der Waals surface area contributed by atoms with Gasteiger partial charge in [0.2, 0.25) is 15.8 Å². The SMILES string of the molecule is C[C@@H](O)[C@H]1C(=O)N2C(C(=O)O)=C(c3cn4c[n+](CCCN)c(SCCO)c4s3)[C@H](C)[C@H]12. The number of aromatic nitrogens is 2. The summed E-state index contributed by atoms with van der Waals surface area (Å²) in [4.78, 5) is 27.8. The highest BCUT2D eigenvalue weighted by Gasteiger charge is 2.60. The Kier molecular flexibility index (Phi) is 6.14. The summed E-state index contributed by atoms with van der Waals surface area (Å²) in [5, 5.41) is 30.2. The smallest absolute Gasteiger partial charge is 0.352 e. The first-order chi connectivity index (χ1) is 14.8. The van der Waals surface area contributed by atoms with Gasteiger partial charge in [-0.15, -0.1) is 0 Å². The van der Waals surface area contributed by atoms with Gasteiger partial charge in [-0.05, 0) is 19.9 Å². The largest absolute Gasteiger partial charge is 0.477 e. The number of carboxylic acids is 1. The van der Waals surface area contributed by atoms with E-state index >= 15 is 0 Å². The number of aliphatic carboxylic acids is 1. The van der Waals surface area contributed by atoms with Crippen LogP contribution in [0.5, 0.6) is 0 Å². The predicted molar refractivity (Wildman–Crippen MR) is 116 cm³/mol. The molecular weight excluding hydrogens is 440 g/mol. The van der Waals surface area contributed by atoms with Crippen LogP contribution in [0.4, 0.5) is 0 Å². The summed E-state index contributed by atoms with van der Waals surface area (Å²) < 4.78 is 4.08. The zero-order valence-corrected chi connectivity index (χ0v) is 19.0. The van der Waals surface area contributed by atoms with Gasteiger partial charge in [0, 0.05) is 17.2 Å². The Morgan fingerprint density at radius 2 is 2.19 bits per heavy atom. The van der Waals surface area contributed by atoms with Crippen molar-refractivity contribution in [1.82, 2.24) is 9.30 Å². The number of aliphatic hydroxyl groups excluding tert-OH is 2. The minimum absolute atomic E-state index is 0.0180. The van der Waals surface area contributed by atoms with Crippen LogP contribution < -0.4 is 10.3 Å². The lowest BCUT2D eigenvalue weighted by Gasteiger charge is -2.46. The van der Waals surface area contributed by atoms with Crippen molar-refractivity contribution in [2.45, 2.75) is 44.0 Å². The zero-order valence-electron chi connectivity index (χ0n) is 17.4. The maximum atomic E-state index is 12.6. The zero-order chi connectivity index (χ0) is 22.4. The topological polar surface area (TPSA) is 132 Å². The van der Waals surface area contributed by atoms with Gasteiger partial charge in [-0.2, -0.15) is 4.40 Å². The number of nitrogens with zero attached hydrogens (tertiary/aromatic N) is 3. The fraction of sp³-hybridized carbons (Fsp3) is 0.550. The molecule has 0 bridgehead atoms. The number of thiazole rings is 1. The molecule has 4 heterocycles. The molecule has 1 fully saturated rings. The molecule has 2 aromatic rings. The van der Waals surface area contributed by atoms with Gasteiger partial charge in [-0.3, -0.25) is 4.79 Å². The average Bonchev–Trinajstić information content (AvgIpc) is 3.32. The van der Waals surface area contributed by atoms with Crippen LogP contribution in [-0.4, -0.2) is 67.5 Å². The van der Waals surface area contributed by atoms with E-state index in [0.717, 1.165) is 27.7 Å². The Morgan fingerprint density at radius 3 is 2.81 bits per heavy atom. The maximum Gasteiger partial charge on any atom is 0.352 e. The Morgan fingerprint density at radius 1 is 1.45 bits per heavy atom. The number of hydrogen-bond donors (Lipinski definition) is 4. The van der Waals surface area contributed by atoms with Gasteiger partial charge in [-0.25, -0.2) is 9.36 Å². The predicted octanol–water partition coefficient (Wildman–Crippen LogP) is 0.375. The third-order valence-electron chi connectivity index (χ3n) is 5.98. The third-order valence-corrected chi connectivity index (χ3v) is 8.34. The molecule has 2 aliphatic heterocycles. The van der Waals surface area contributed by atoms with Gasteiger partial charge >= 0.3 is 5.97 Å². The van der Waals surface area contributed by atoms with E-state index in [1.807, 2.05) is 23.8 Å². The normalized spacial score (nSPS) is 24.1. The number of aliphatic hydroxyl groups is 2. The minimum atomic E-state index is -1.13. The number of imidazole rings is 1. The highest BCUT2D eigenvalue weighted by Crippen LogP contribution is 2.51. The molecule has 2 aliphatic rings. The van der Waals surface area contributed by atoms with Crippen LogP contribution in [0.25, 0.3) is 10.4 Å². The van der Waals surface area contributed by atoms with Crippen LogP contribution in [0.3, 0.4) is 0 Å². The van der Waals surface area contributed by atoms with Crippen LogP contribution in [0.1, 0.15) is 25.1 Å². The Hall–Kier alpha value is -1.92. The molecule has 31 heavy (non-hydrogen) atoms. The van der Waals surface area contributed by atoms with Crippen molar-refractivity contribution in [2.24, 2.45) is 17.6 Å². The summed E-state index contributed by atoms with van der Waals surface area (Å²) >= 11 is 3.03. The number of aryl methyl sites for hydroxylation is 1. The second kappa shape index (κ2) is 8.55. The highest BCUT2D eigenvalue weighted by molar-refractivity contribution is 7.99. The second-order valence-electron chi connectivity index (χ2n) is 7.96. The molecular formula is C20H27N4O5S2+. The van der Waals surface area contributed by atoms with E-state index in [-0.39, 0.29) is 30.2 Å². The molecule has 168 valence electrons. The molecule has 5 N–H and O–H groups in total. The Balaban J connectivity index is 1.78. The van der Waals surface area contributed by atoms with E-state index in [0.29, 0.717) is 17.9 Å². The second-order valence-corrected chi connectivity index (χ2v) is 10.1. The number of thioether (sulfide) groups is 1. The summed E-state index contributed by atoms with van der Waals surface area (Å²) in [6.45, 7) is 4.89. The van der Waals surface area contributed by atoms with Crippen LogP contribution in [-0.2, 0) is 16.1 Å². The Bertz CT molecular complexity index is 1060. The van der Waals surface area contributed by atoms with E-state index in [1.165, 1.54) is 16.2 Å². The van der Waals surface area contributed by atoms with E-state index in [9.17, 15) is 24.9 Å². The summed E-state index contributed by atoms with van der Waals surface area (Å²) in [6, 6.07) is -0.340. The van der Waals surface area contributed by atoms with Crippen molar-refractivity contribution in [1.29, 1.82) is 0 Å². The molecule has 0 radical (unpaired) electrons. The number of fused-ring (bicyclic) bond motifs is 2. The molecule has 0 saturated carbocycles. The van der Waals surface area contributed by atoms with Crippen molar-refractivity contribution < 1.29 is 29.5 Å². The average molecular weight is 468 g/mol. The van der Waals surface area contributed by atoms with Crippen LogP contribution in [0.15, 0.2) is 23.2 Å². The number of carbonyl (C=O) groups is 2. The standard InChI is InChI=1S/C20H26N4O5S2/c1-10-13(16(20(28)29)24-15(10)14(11(2)26)17(24)27)12-8-23-9-22(5-3-4-21)18(19(23)31-12)30-7-6-25/h8-11,14-15,25-26H,3-7,21H2,1-2H3/p+1/t10-,11+,14+,15+/m0/s1. The molecule has 0 unspecified atom stereocenters. The van der Waals surface area contributed by atoms with Crippen molar-refractivity contribution in [3.63, 3.8) is 0 Å². The van der Waals surface area contributed by atoms with Crippen LogP contribution in [0.2, 0.25) is 0 Å². The minimum Gasteiger partial charge on any atom is -0.477 e. The molecule has 0 spiro atoms. The Labute approximate surface area is 187 Å². The molecule has 1 amide bonds. The third kappa shape index (κ3) is 3.48. The molecule has 9 nitrogen and oxygen atoms in total. The summed E-state index contributed by atoms with van der Waals surface area (Å²) in [5.41, 5.74) is 6.31. The van der Waals surface area contributed by atoms with E-state index < -0.39 is 18.0 Å². The number of rotatable bonds is 9. The lowest BCUT2D eigenvalue weighted by molar-refractivity contribution is -0.729. The number of hydrogen-bond acceptors (Lipinski definition) is 7. The molecule has 1 saturated heterocycles. The highest BCUT2D eigenvalue weighted by atomic mass is 32.2. The molecule has 4 atom stereocenters. The van der Waals surface area contributed by atoms with Crippen molar-refractivity contribution in [2.75, 3.05) is 18.9 Å². The quantitative estimate of drug-likeness (QED) is 0.238. The molecule has 0 aromatic carbocycles. The lowest BCUT2D eigenvalue weighted by atomic mass is 9.77. The van der Waals surface area contributed by atoms with Crippen LogP contribution in [0, 0.1) is 11.8 Å². The first-order valence-corrected chi connectivity index (χ1v) is 12.1. The number of β-lactam (4-membered cyclic amide) rings is 1. The van der Waals surface area contributed by atoms with Crippen molar-refractivity contribution in [3.05, 3.63) is 23.1 Å². The van der Waals surface area contributed by atoms with Crippen LogP contribution >= 0.6 is 23.1 Å². The van der Waals surface area contributed by atoms with Gasteiger partial charge in [0.1, 0.15) is 11.9 Å². The fourth-order valence-corrected chi connectivity index (χ4v) is 6.96. The van der Waals surface area contributed by atoms with Gasteiger partial charge < -0.3 is 26.0 Å². The molecule has 0 aliphatic carbocycles. The van der Waals surface area contributed by atoms with Crippen molar-refractivity contribution in [3.8, 4) is 0 Å². The number of nitrogens with two attached hydrogens (primary N) is 1. The first kappa shape index (κ1) is 22.3. The van der Waals surface area contributed by atoms with Crippen molar-refractivity contribution >= 4 is 45.4 Å². The van der Waals surface area contributed by atoms with E-state index in [2.05, 4.69) is 4.57 Å². The molecule has 11 heteroatoms. The monoisotopic (exact) mass is 467 g/mol.